The molecule has 0 aromatic heterocycles. The molecule has 0 aliphatic rings. The maximum Gasteiger partial charge on any atom is 0.328 e. The summed E-state index contributed by atoms with van der Waals surface area (Å²) in [6.45, 7) is 0. The van der Waals surface area contributed by atoms with E-state index < -0.39 is 5.97 Å². The van der Waals surface area contributed by atoms with Gasteiger partial charge < -0.3 is 5.11 Å². The van der Waals surface area contributed by atoms with E-state index in [0.717, 1.165) is 19.7 Å². The second-order valence-corrected chi connectivity index (χ2v) is 4.44. The van der Waals surface area contributed by atoms with Crippen LogP contribution in [0.4, 0.5) is 0 Å². The average molecular weight is 353 g/mol. The van der Waals surface area contributed by atoms with Crippen molar-refractivity contribution in [3.63, 3.8) is 0 Å². The van der Waals surface area contributed by atoms with Crippen LogP contribution in [0.1, 0.15) is 5.56 Å². The molecular weight excluding hydrogens is 347 g/mol. The van der Waals surface area contributed by atoms with Gasteiger partial charge in [0.15, 0.2) is 0 Å². The fourth-order valence-electron chi connectivity index (χ4n) is 0.803. The molecule has 0 saturated carbocycles. The summed E-state index contributed by atoms with van der Waals surface area (Å²) in [5.74, 6) is -0.939. The zero-order valence-corrected chi connectivity index (χ0v) is 10.2. The molecule has 0 amide bonds. The fraction of sp³-hybridized carbons (Fsp3) is 0. The predicted octanol–water partition coefficient (Wildman–Crippen LogP) is 3.15. The summed E-state index contributed by atoms with van der Waals surface area (Å²) >= 11 is 5.51. The summed E-state index contributed by atoms with van der Waals surface area (Å²) in [7, 11) is 0. The van der Waals surface area contributed by atoms with Gasteiger partial charge in [0.2, 0.25) is 0 Å². The van der Waals surface area contributed by atoms with Gasteiger partial charge in [0.1, 0.15) is 0 Å². The van der Waals surface area contributed by atoms with Gasteiger partial charge in [0.25, 0.3) is 0 Å². The number of hydrogen-bond donors (Lipinski definition) is 1. The highest BCUT2D eigenvalue weighted by atomic mass is 127. The van der Waals surface area contributed by atoms with Crippen LogP contribution in [0.5, 0.6) is 0 Å². The molecule has 0 atom stereocenters. The van der Waals surface area contributed by atoms with E-state index in [4.69, 9.17) is 5.11 Å². The monoisotopic (exact) mass is 352 g/mol. The normalized spacial score (nSPS) is 10.6. The molecule has 1 aromatic carbocycles. The molecule has 0 spiro atoms. The predicted molar refractivity (Wildman–Crippen MR) is 63.5 cm³/mol. The maximum absolute atomic E-state index is 10.3. The Morgan fingerprint density at radius 1 is 1.54 bits per heavy atom. The van der Waals surface area contributed by atoms with Crippen LogP contribution in [0, 0.1) is 3.57 Å². The number of rotatable bonds is 2. The summed E-state index contributed by atoms with van der Waals surface area (Å²) in [6, 6.07) is 5.75. The van der Waals surface area contributed by atoms with Crippen molar-refractivity contribution in [2.24, 2.45) is 0 Å². The summed E-state index contributed by atoms with van der Waals surface area (Å²) in [4.78, 5) is 10.3. The van der Waals surface area contributed by atoms with Crippen LogP contribution in [0.15, 0.2) is 28.7 Å². The SMILES string of the molecule is O=C(O)/C=C/c1cc(I)ccc1Br. The highest BCUT2D eigenvalue weighted by molar-refractivity contribution is 14.1. The van der Waals surface area contributed by atoms with Crippen molar-refractivity contribution in [3.8, 4) is 0 Å². The van der Waals surface area contributed by atoms with Crippen LogP contribution in [0.3, 0.4) is 0 Å². The van der Waals surface area contributed by atoms with Crippen molar-refractivity contribution in [3.05, 3.63) is 37.9 Å². The lowest BCUT2D eigenvalue weighted by Crippen LogP contribution is -1.86. The number of hydrogen-bond acceptors (Lipinski definition) is 1. The van der Waals surface area contributed by atoms with E-state index in [1.807, 2.05) is 18.2 Å². The average Bonchev–Trinajstić information content (AvgIpc) is 2.06. The second-order valence-electron chi connectivity index (χ2n) is 2.34. The number of carboxylic acids is 1. The minimum atomic E-state index is -0.939. The largest absolute Gasteiger partial charge is 0.478 e. The number of carbonyl (C=O) groups is 1. The third-order valence-electron chi connectivity index (χ3n) is 1.36. The molecule has 4 heteroatoms. The number of carboxylic acid groups (broad SMARTS) is 1. The van der Waals surface area contributed by atoms with Crippen LogP contribution in [0.2, 0.25) is 0 Å². The van der Waals surface area contributed by atoms with Crippen molar-refractivity contribution >= 4 is 50.6 Å². The zero-order chi connectivity index (χ0) is 9.84. The minimum Gasteiger partial charge on any atom is -0.478 e. The van der Waals surface area contributed by atoms with Crippen molar-refractivity contribution in [1.82, 2.24) is 0 Å². The molecule has 1 rings (SSSR count). The lowest BCUT2D eigenvalue weighted by atomic mass is 10.2. The van der Waals surface area contributed by atoms with Crippen LogP contribution in [-0.4, -0.2) is 11.1 Å². The van der Waals surface area contributed by atoms with Gasteiger partial charge in [0.05, 0.1) is 0 Å². The molecule has 0 bridgehead atoms. The molecule has 0 aliphatic heterocycles. The molecule has 0 heterocycles. The topological polar surface area (TPSA) is 37.3 Å². The third kappa shape index (κ3) is 3.48. The van der Waals surface area contributed by atoms with Crippen LogP contribution >= 0.6 is 38.5 Å². The first-order valence-electron chi connectivity index (χ1n) is 3.45. The highest BCUT2D eigenvalue weighted by Crippen LogP contribution is 2.20. The fourth-order valence-corrected chi connectivity index (χ4v) is 1.70. The van der Waals surface area contributed by atoms with Gasteiger partial charge in [-0.25, -0.2) is 4.79 Å². The Hall–Kier alpha value is -0.360. The quantitative estimate of drug-likeness (QED) is 0.655. The second kappa shape index (κ2) is 4.76. The van der Waals surface area contributed by atoms with Crippen molar-refractivity contribution in [2.45, 2.75) is 0 Å². The lowest BCUT2D eigenvalue weighted by Gasteiger charge is -1.98. The van der Waals surface area contributed by atoms with Crippen molar-refractivity contribution < 1.29 is 9.90 Å². The van der Waals surface area contributed by atoms with E-state index in [2.05, 4.69) is 38.5 Å². The first-order valence-corrected chi connectivity index (χ1v) is 5.33. The number of benzene rings is 1. The van der Waals surface area contributed by atoms with Gasteiger partial charge in [0, 0.05) is 14.1 Å². The van der Waals surface area contributed by atoms with Gasteiger partial charge in [-0.15, -0.1) is 0 Å². The highest BCUT2D eigenvalue weighted by Gasteiger charge is 1.97. The zero-order valence-electron chi connectivity index (χ0n) is 6.50. The Labute approximate surface area is 97.9 Å². The number of halogens is 2. The Kier molecular flexibility index (Phi) is 3.92. The Bertz CT molecular complexity index is 361. The standard InChI is InChI=1S/C9H6BrIO2/c10-8-3-2-7(11)5-6(8)1-4-9(12)13/h1-5H,(H,12,13)/b4-1+. The number of aliphatic carboxylic acids is 1. The molecule has 13 heavy (non-hydrogen) atoms. The minimum absolute atomic E-state index is 0.870. The molecule has 1 N–H and O–H groups in total. The summed E-state index contributed by atoms with van der Waals surface area (Å²) in [5.41, 5.74) is 0.870. The van der Waals surface area contributed by atoms with Gasteiger partial charge in [-0.2, -0.15) is 0 Å². The molecule has 68 valence electrons. The Balaban J connectivity index is 3.00. The van der Waals surface area contributed by atoms with E-state index >= 15 is 0 Å². The first-order chi connectivity index (χ1) is 6.09. The summed E-state index contributed by atoms with van der Waals surface area (Å²) < 4.78 is 1.97. The molecule has 0 saturated heterocycles. The molecule has 0 radical (unpaired) electrons. The van der Waals surface area contributed by atoms with Crippen molar-refractivity contribution in [2.75, 3.05) is 0 Å². The van der Waals surface area contributed by atoms with Gasteiger partial charge in [-0.05, 0) is 52.4 Å². The van der Waals surface area contributed by atoms with Crippen LogP contribution in [0.25, 0.3) is 6.08 Å². The summed E-state index contributed by atoms with van der Waals surface area (Å²) in [6.07, 6.45) is 2.69. The first kappa shape index (κ1) is 10.7. The van der Waals surface area contributed by atoms with Gasteiger partial charge >= 0.3 is 5.97 Å². The molecule has 2 nitrogen and oxygen atoms in total. The van der Waals surface area contributed by atoms with Crippen LogP contribution in [-0.2, 0) is 4.79 Å². The van der Waals surface area contributed by atoms with Gasteiger partial charge in [-0.1, -0.05) is 15.9 Å². The van der Waals surface area contributed by atoms with Crippen molar-refractivity contribution in [1.29, 1.82) is 0 Å². The summed E-state index contributed by atoms with van der Waals surface area (Å²) in [5, 5.41) is 8.43. The van der Waals surface area contributed by atoms with E-state index in [1.54, 1.807) is 6.08 Å². The van der Waals surface area contributed by atoms with Crippen LogP contribution < -0.4 is 0 Å². The third-order valence-corrected chi connectivity index (χ3v) is 2.76. The van der Waals surface area contributed by atoms with E-state index in [0.29, 0.717) is 0 Å². The molecule has 0 fully saturated rings. The van der Waals surface area contributed by atoms with E-state index in [9.17, 15) is 4.79 Å². The molecule has 1 aromatic rings. The molecule has 0 aliphatic carbocycles. The Morgan fingerprint density at radius 3 is 2.85 bits per heavy atom. The maximum atomic E-state index is 10.3. The smallest absolute Gasteiger partial charge is 0.328 e. The molecular formula is C9H6BrIO2. The van der Waals surface area contributed by atoms with E-state index in [1.165, 1.54) is 0 Å². The van der Waals surface area contributed by atoms with Gasteiger partial charge in [-0.3, -0.25) is 0 Å². The lowest BCUT2D eigenvalue weighted by molar-refractivity contribution is -0.131. The van der Waals surface area contributed by atoms with E-state index in [-0.39, 0.29) is 0 Å². The Morgan fingerprint density at radius 2 is 2.23 bits per heavy atom. The molecule has 0 unspecified atom stereocenters.